The van der Waals surface area contributed by atoms with Gasteiger partial charge in [-0.05, 0) is 51.0 Å². The summed E-state index contributed by atoms with van der Waals surface area (Å²) < 4.78 is 10.5. The molecule has 0 saturated carbocycles. The third kappa shape index (κ3) is 5.33. The van der Waals surface area contributed by atoms with Crippen LogP contribution >= 0.6 is 11.8 Å². The molecule has 1 aliphatic rings. The van der Waals surface area contributed by atoms with Gasteiger partial charge in [0.2, 0.25) is 5.91 Å². The fourth-order valence-corrected chi connectivity index (χ4v) is 3.77. The van der Waals surface area contributed by atoms with Gasteiger partial charge in [-0.1, -0.05) is 5.16 Å². The zero-order valence-corrected chi connectivity index (χ0v) is 16.2. The van der Waals surface area contributed by atoms with E-state index in [1.807, 2.05) is 13.8 Å². The molecule has 8 heteroatoms. The number of carbonyl (C=O) groups is 2. The summed E-state index contributed by atoms with van der Waals surface area (Å²) in [5, 5.41) is 9.59. The van der Waals surface area contributed by atoms with Crippen molar-refractivity contribution >= 4 is 35.0 Å². The Morgan fingerprint density at radius 3 is 2.48 bits per heavy atom. The van der Waals surface area contributed by atoms with Crippen LogP contribution < -0.4 is 10.6 Å². The first-order valence-electron chi connectivity index (χ1n) is 8.85. The highest BCUT2D eigenvalue weighted by Gasteiger charge is 2.23. The molecule has 2 N–H and O–H groups in total. The van der Waals surface area contributed by atoms with Crippen LogP contribution in [0.2, 0.25) is 0 Å². The van der Waals surface area contributed by atoms with Crippen molar-refractivity contribution in [3.63, 3.8) is 0 Å². The first-order chi connectivity index (χ1) is 13.0. The van der Waals surface area contributed by atoms with Crippen molar-refractivity contribution < 1.29 is 18.8 Å². The summed E-state index contributed by atoms with van der Waals surface area (Å²) in [6.07, 6.45) is 1.31. The second-order valence-electron chi connectivity index (χ2n) is 6.41. The van der Waals surface area contributed by atoms with Crippen LogP contribution in [0.5, 0.6) is 0 Å². The van der Waals surface area contributed by atoms with Gasteiger partial charge in [-0.2, -0.15) is 0 Å². The Kier molecular flexibility index (Phi) is 6.52. The van der Waals surface area contributed by atoms with E-state index in [1.165, 1.54) is 11.8 Å². The zero-order chi connectivity index (χ0) is 19.2. The van der Waals surface area contributed by atoms with E-state index in [2.05, 4.69) is 15.8 Å². The van der Waals surface area contributed by atoms with E-state index in [-0.39, 0.29) is 17.9 Å². The Hall–Kier alpha value is -2.32. The number of hydrogen-bond acceptors (Lipinski definition) is 6. The molecule has 2 amide bonds. The molecule has 2 heterocycles. The molecule has 2 aromatic rings. The Morgan fingerprint density at radius 1 is 1.19 bits per heavy atom. The number of aromatic nitrogens is 1. The van der Waals surface area contributed by atoms with Gasteiger partial charge in [0.15, 0.2) is 0 Å². The van der Waals surface area contributed by atoms with Crippen LogP contribution in [-0.2, 0) is 20.1 Å². The molecule has 0 aliphatic carbocycles. The van der Waals surface area contributed by atoms with Gasteiger partial charge in [0.25, 0.3) is 5.91 Å². The molecule has 0 spiro atoms. The number of anilines is 2. The van der Waals surface area contributed by atoms with E-state index in [4.69, 9.17) is 9.26 Å². The van der Waals surface area contributed by atoms with E-state index >= 15 is 0 Å². The van der Waals surface area contributed by atoms with Crippen LogP contribution in [0.15, 0.2) is 28.8 Å². The quantitative estimate of drug-likeness (QED) is 0.755. The van der Waals surface area contributed by atoms with Crippen molar-refractivity contribution in [2.45, 2.75) is 38.5 Å². The number of hydrogen-bond donors (Lipinski definition) is 2. The van der Waals surface area contributed by atoms with Gasteiger partial charge >= 0.3 is 0 Å². The van der Waals surface area contributed by atoms with Crippen LogP contribution in [-0.4, -0.2) is 35.4 Å². The van der Waals surface area contributed by atoms with Gasteiger partial charge in [0, 0.05) is 29.3 Å². The average Bonchev–Trinajstić information content (AvgIpc) is 3.29. The van der Waals surface area contributed by atoms with Crippen molar-refractivity contribution in [1.29, 1.82) is 0 Å². The highest BCUT2D eigenvalue weighted by molar-refractivity contribution is 7.99. The second-order valence-corrected chi connectivity index (χ2v) is 7.40. The molecular formula is C19H23N3O4S. The van der Waals surface area contributed by atoms with Gasteiger partial charge in [-0.3, -0.25) is 9.59 Å². The number of thioether (sulfide) groups is 1. The van der Waals surface area contributed by atoms with E-state index in [1.54, 1.807) is 24.3 Å². The fourth-order valence-electron chi connectivity index (χ4n) is 2.79. The number of rotatable bonds is 7. The third-order valence-corrected chi connectivity index (χ3v) is 5.28. The normalized spacial score (nSPS) is 16.3. The van der Waals surface area contributed by atoms with Crippen LogP contribution in [0, 0.1) is 13.8 Å². The molecule has 1 aromatic heterocycles. The van der Waals surface area contributed by atoms with Crippen LogP contribution in [0.25, 0.3) is 0 Å². The third-order valence-electron chi connectivity index (χ3n) is 4.32. The molecule has 0 radical (unpaired) electrons. The first-order valence-corrected chi connectivity index (χ1v) is 10.0. The number of nitrogens with zero attached hydrogens (tertiary/aromatic N) is 1. The Balaban J connectivity index is 1.43. The molecule has 27 heavy (non-hydrogen) atoms. The average molecular weight is 389 g/mol. The molecule has 1 fully saturated rings. The lowest BCUT2D eigenvalue weighted by Crippen LogP contribution is -2.26. The molecule has 144 valence electrons. The van der Waals surface area contributed by atoms with Crippen molar-refractivity contribution in [3.8, 4) is 0 Å². The number of amides is 2. The Morgan fingerprint density at radius 2 is 1.89 bits per heavy atom. The van der Waals surface area contributed by atoms with Crippen LogP contribution in [0.3, 0.4) is 0 Å². The highest BCUT2D eigenvalue weighted by atomic mass is 32.2. The number of aryl methyl sites for hydroxylation is 2. The van der Waals surface area contributed by atoms with Crippen molar-refractivity contribution in [1.82, 2.24) is 5.16 Å². The van der Waals surface area contributed by atoms with Gasteiger partial charge in [0.1, 0.15) is 11.9 Å². The minimum absolute atomic E-state index is 0.0806. The van der Waals surface area contributed by atoms with Gasteiger partial charge in [-0.15, -0.1) is 11.8 Å². The molecular weight excluding hydrogens is 366 g/mol. The van der Waals surface area contributed by atoms with Crippen molar-refractivity contribution in [2.75, 3.05) is 23.0 Å². The fraction of sp³-hybridized carbons (Fsp3) is 0.421. The summed E-state index contributed by atoms with van der Waals surface area (Å²) in [6.45, 7) is 4.40. The summed E-state index contributed by atoms with van der Waals surface area (Å²) in [5.74, 6) is 1.61. The minimum atomic E-state index is -0.362. The molecule has 1 saturated heterocycles. The lowest BCUT2D eigenvalue weighted by Gasteiger charge is -2.11. The van der Waals surface area contributed by atoms with Crippen LogP contribution in [0.4, 0.5) is 11.4 Å². The second kappa shape index (κ2) is 9.05. The highest BCUT2D eigenvalue weighted by Crippen LogP contribution is 2.20. The van der Waals surface area contributed by atoms with Gasteiger partial charge in [-0.25, -0.2) is 0 Å². The maximum absolute atomic E-state index is 12.1. The number of carbonyl (C=O) groups excluding carboxylic acids is 2. The number of ether oxygens (including phenoxy) is 1. The largest absolute Gasteiger partial charge is 0.368 e. The minimum Gasteiger partial charge on any atom is -0.368 e. The van der Waals surface area contributed by atoms with E-state index < -0.39 is 0 Å². The molecule has 1 atom stereocenters. The number of benzene rings is 1. The lowest BCUT2D eigenvalue weighted by molar-refractivity contribution is -0.124. The van der Waals surface area contributed by atoms with Crippen molar-refractivity contribution in [2.24, 2.45) is 0 Å². The van der Waals surface area contributed by atoms with E-state index in [9.17, 15) is 9.59 Å². The Labute approximate surface area is 162 Å². The SMILES string of the molecule is Cc1noc(C)c1CSCC(=O)Nc1ccc(NC(=O)C2CCCO2)cc1. The summed E-state index contributed by atoms with van der Waals surface area (Å²) in [4.78, 5) is 24.1. The van der Waals surface area contributed by atoms with Crippen molar-refractivity contribution in [3.05, 3.63) is 41.3 Å². The molecule has 1 unspecified atom stereocenters. The standard InChI is InChI=1S/C19H23N3O4S/c1-12-16(13(2)26-22-12)10-27-11-18(23)20-14-5-7-15(8-6-14)21-19(24)17-4-3-9-25-17/h5-8,17H,3-4,9-11H2,1-2H3,(H,20,23)(H,21,24). The van der Waals surface area contributed by atoms with Crippen LogP contribution in [0.1, 0.15) is 29.9 Å². The van der Waals surface area contributed by atoms with E-state index in [0.29, 0.717) is 29.5 Å². The molecule has 1 aliphatic heterocycles. The Bertz CT molecular complexity index is 778. The summed E-state index contributed by atoms with van der Waals surface area (Å²) >= 11 is 1.51. The summed E-state index contributed by atoms with van der Waals surface area (Å²) in [6, 6.07) is 7.06. The molecule has 3 rings (SSSR count). The lowest BCUT2D eigenvalue weighted by atomic mass is 10.2. The first kappa shape index (κ1) is 19.4. The number of nitrogens with one attached hydrogen (secondary N) is 2. The maximum atomic E-state index is 12.1. The zero-order valence-electron chi connectivity index (χ0n) is 15.4. The summed E-state index contributed by atoms with van der Waals surface area (Å²) in [7, 11) is 0. The predicted octanol–water partition coefficient (Wildman–Crippen LogP) is 3.28. The monoisotopic (exact) mass is 389 g/mol. The maximum Gasteiger partial charge on any atom is 0.253 e. The molecule has 1 aromatic carbocycles. The predicted molar refractivity (Wildman–Crippen MR) is 105 cm³/mol. The topological polar surface area (TPSA) is 93.5 Å². The molecule has 7 nitrogen and oxygen atoms in total. The van der Waals surface area contributed by atoms with Gasteiger partial charge in [0.05, 0.1) is 11.4 Å². The molecule has 0 bridgehead atoms. The summed E-state index contributed by atoms with van der Waals surface area (Å²) in [5.41, 5.74) is 3.27. The van der Waals surface area contributed by atoms with E-state index in [0.717, 1.165) is 29.9 Å². The smallest absolute Gasteiger partial charge is 0.253 e. The van der Waals surface area contributed by atoms with Gasteiger partial charge < -0.3 is 19.9 Å².